The molecule has 0 radical (unpaired) electrons. The Morgan fingerprint density at radius 1 is 0.679 bits per heavy atom. The minimum absolute atomic E-state index is 0.442. The van der Waals surface area contributed by atoms with E-state index in [0.717, 1.165) is 22.9 Å². The number of furan rings is 1. The SMILES string of the molecule is Cc1ccc(CNc2nc(Nc3ccccc3)nc(Nc3ccccc3)n2)o1. The highest BCUT2D eigenvalue weighted by Crippen LogP contribution is 2.19. The molecule has 3 N–H and O–H groups in total. The molecule has 2 aromatic carbocycles. The molecule has 4 aromatic rings. The number of aryl methyl sites for hydroxylation is 1. The molecule has 7 heteroatoms. The van der Waals surface area contributed by atoms with Crippen molar-refractivity contribution in [3.63, 3.8) is 0 Å². The van der Waals surface area contributed by atoms with Crippen LogP contribution in [-0.2, 0) is 6.54 Å². The standard InChI is InChI=1S/C21H20N6O/c1-15-12-13-18(28-15)14-22-19-25-20(23-16-8-4-2-5-9-16)27-21(26-19)24-17-10-6-3-7-11-17/h2-13H,14H2,1H3,(H3,22,23,24,25,26,27). The van der Waals surface area contributed by atoms with Gasteiger partial charge in [-0.25, -0.2) is 0 Å². The van der Waals surface area contributed by atoms with E-state index in [1.807, 2.05) is 79.7 Å². The van der Waals surface area contributed by atoms with Crippen LogP contribution in [0, 0.1) is 6.92 Å². The van der Waals surface area contributed by atoms with Crippen molar-refractivity contribution in [3.05, 3.63) is 84.3 Å². The second-order valence-electron chi connectivity index (χ2n) is 6.15. The molecule has 0 bridgehead atoms. The highest BCUT2D eigenvalue weighted by atomic mass is 16.3. The van der Waals surface area contributed by atoms with Gasteiger partial charge in [0.05, 0.1) is 6.54 Å². The predicted octanol–water partition coefficient (Wildman–Crippen LogP) is 4.87. The maximum atomic E-state index is 5.59. The summed E-state index contributed by atoms with van der Waals surface area (Å²) in [5.74, 6) is 3.01. The van der Waals surface area contributed by atoms with Crippen LogP contribution in [0.1, 0.15) is 11.5 Å². The van der Waals surface area contributed by atoms with Crippen LogP contribution in [0.4, 0.5) is 29.2 Å². The van der Waals surface area contributed by atoms with E-state index >= 15 is 0 Å². The molecule has 0 fully saturated rings. The maximum absolute atomic E-state index is 5.59. The van der Waals surface area contributed by atoms with Crippen molar-refractivity contribution in [2.45, 2.75) is 13.5 Å². The van der Waals surface area contributed by atoms with Crippen molar-refractivity contribution >= 4 is 29.2 Å². The molecule has 0 unspecified atom stereocenters. The van der Waals surface area contributed by atoms with Crippen LogP contribution in [0.2, 0.25) is 0 Å². The van der Waals surface area contributed by atoms with E-state index in [-0.39, 0.29) is 0 Å². The van der Waals surface area contributed by atoms with Crippen LogP contribution in [0.15, 0.2) is 77.2 Å². The number of benzene rings is 2. The average Bonchev–Trinajstić information content (AvgIpc) is 3.13. The second-order valence-corrected chi connectivity index (χ2v) is 6.15. The zero-order valence-corrected chi connectivity index (χ0v) is 15.4. The molecular formula is C21H20N6O. The van der Waals surface area contributed by atoms with Gasteiger partial charge in [0.15, 0.2) is 0 Å². The zero-order chi connectivity index (χ0) is 19.2. The van der Waals surface area contributed by atoms with Crippen molar-refractivity contribution < 1.29 is 4.42 Å². The van der Waals surface area contributed by atoms with Gasteiger partial charge in [0, 0.05) is 11.4 Å². The van der Waals surface area contributed by atoms with E-state index in [4.69, 9.17) is 4.42 Å². The summed E-state index contributed by atoms with van der Waals surface area (Å²) < 4.78 is 5.59. The topological polar surface area (TPSA) is 87.9 Å². The molecule has 0 atom stereocenters. The summed E-state index contributed by atoms with van der Waals surface area (Å²) in [6.07, 6.45) is 0. The van der Waals surface area contributed by atoms with Crippen LogP contribution >= 0.6 is 0 Å². The van der Waals surface area contributed by atoms with Gasteiger partial charge in [-0.1, -0.05) is 36.4 Å². The molecule has 0 spiro atoms. The van der Waals surface area contributed by atoms with Crippen molar-refractivity contribution in [2.75, 3.05) is 16.0 Å². The summed E-state index contributed by atoms with van der Waals surface area (Å²) in [5, 5.41) is 9.60. The maximum Gasteiger partial charge on any atom is 0.233 e. The van der Waals surface area contributed by atoms with Crippen LogP contribution in [0.25, 0.3) is 0 Å². The first-order valence-electron chi connectivity index (χ1n) is 8.94. The molecule has 7 nitrogen and oxygen atoms in total. The number of nitrogens with one attached hydrogen (secondary N) is 3. The number of nitrogens with zero attached hydrogens (tertiary/aromatic N) is 3. The van der Waals surface area contributed by atoms with Crippen molar-refractivity contribution in [1.29, 1.82) is 0 Å². The minimum atomic E-state index is 0.442. The fraction of sp³-hybridized carbons (Fsp3) is 0.0952. The van der Waals surface area contributed by atoms with Crippen molar-refractivity contribution in [2.24, 2.45) is 0 Å². The third-order valence-corrected chi connectivity index (χ3v) is 3.91. The molecule has 140 valence electrons. The Morgan fingerprint density at radius 2 is 1.21 bits per heavy atom. The number of hydrogen-bond acceptors (Lipinski definition) is 7. The summed E-state index contributed by atoms with van der Waals surface area (Å²) in [6, 6.07) is 23.4. The lowest BCUT2D eigenvalue weighted by Crippen LogP contribution is -2.09. The van der Waals surface area contributed by atoms with Gasteiger partial charge < -0.3 is 20.4 Å². The summed E-state index contributed by atoms with van der Waals surface area (Å²) in [7, 11) is 0. The molecule has 0 saturated heterocycles. The Bertz CT molecular complexity index is 973. The van der Waals surface area contributed by atoms with Gasteiger partial charge in [-0.05, 0) is 43.3 Å². The highest BCUT2D eigenvalue weighted by Gasteiger charge is 2.08. The Hall–Kier alpha value is -3.87. The van der Waals surface area contributed by atoms with Gasteiger partial charge in [0.25, 0.3) is 0 Å². The third kappa shape index (κ3) is 4.64. The van der Waals surface area contributed by atoms with Crippen LogP contribution in [0.5, 0.6) is 0 Å². The predicted molar refractivity (Wildman–Crippen MR) is 110 cm³/mol. The van der Waals surface area contributed by atoms with Crippen molar-refractivity contribution in [3.8, 4) is 0 Å². The lowest BCUT2D eigenvalue weighted by molar-refractivity contribution is 0.490. The van der Waals surface area contributed by atoms with Crippen LogP contribution < -0.4 is 16.0 Å². The molecule has 4 rings (SSSR count). The first-order chi connectivity index (χ1) is 13.7. The van der Waals surface area contributed by atoms with E-state index in [9.17, 15) is 0 Å². The van der Waals surface area contributed by atoms with E-state index in [1.165, 1.54) is 0 Å². The molecule has 0 amide bonds. The monoisotopic (exact) mass is 372 g/mol. The smallest absolute Gasteiger partial charge is 0.233 e. The Kier molecular flexibility index (Phi) is 5.15. The fourth-order valence-electron chi connectivity index (χ4n) is 2.61. The molecule has 0 aliphatic heterocycles. The van der Waals surface area contributed by atoms with Gasteiger partial charge in [0.1, 0.15) is 11.5 Å². The number of para-hydroxylation sites is 2. The lowest BCUT2D eigenvalue weighted by Gasteiger charge is -2.11. The van der Waals surface area contributed by atoms with E-state index in [0.29, 0.717) is 24.4 Å². The quantitative estimate of drug-likeness (QED) is 0.426. The van der Waals surface area contributed by atoms with Gasteiger partial charge in [-0.3, -0.25) is 0 Å². The van der Waals surface area contributed by atoms with Crippen molar-refractivity contribution in [1.82, 2.24) is 15.0 Å². The van der Waals surface area contributed by atoms with Crippen LogP contribution in [0.3, 0.4) is 0 Å². The number of rotatable bonds is 7. The summed E-state index contributed by atoms with van der Waals surface area (Å²) in [4.78, 5) is 13.4. The Balaban J connectivity index is 1.57. The van der Waals surface area contributed by atoms with Crippen LogP contribution in [-0.4, -0.2) is 15.0 Å². The molecule has 0 aliphatic carbocycles. The van der Waals surface area contributed by atoms with E-state index in [1.54, 1.807) is 0 Å². The third-order valence-electron chi connectivity index (χ3n) is 3.91. The van der Waals surface area contributed by atoms with Gasteiger partial charge >= 0.3 is 0 Å². The van der Waals surface area contributed by atoms with E-state index in [2.05, 4.69) is 30.9 Å². The minimum Gasteiger partial charge on any atom is -0.465 e. The first-order valence-corrected chi connectivity index (χ1v) is 8.94. The summed E-state index contributed by atoms with van der Waals surface area (Å²) in [5.41, 5.74) is 1.79. The highest BCUT2D eigenvalue weighted by molar-refractivity contribution is 5.58. The molecular weight excluding hydrogens is 352 g/mol. The molecule has 2 heterocycles. The normalized spacial score (nSPS) is 10.5. The summed E-state index contributed by atoms with van der Waals surface area (Å²) >= 11 is 0. The second kappa shape index (κ2) is 8.22. The zero-order valence-electron chi connectivity index (χ0n) is 15.4. The molecule has 28 heavy (non-hydrogen) atoms. The largest absolute Gasteiger partial charge is 0.465 e. The molecule has 0 saturated carbocycles. The Labute approximate surface area is 162 Å². The molecule has 0 aliphatic rings. The lowest BCUT2D eigenvalue weighted by atomic mass is 10.3. The average molecular weight is 372 g/mol. The van der Waals surface area contributed by atoms with Gasteiger partial charge in [-0.2, -0.15) is 15.0 Å². The number of anilines is 5. The fourth-order valence-corrected chi connectivity index (χ4v) is 2.61. The van der Waals surface area contributed by atoms with Gasteiger partial charge in [-0.15, -0.1) is 0 Å². The number of hydrogen-bond donors (Lipinski definition) is 3. The number of aromatic nitrogens is 3. The van der Waals surface area contributed by atoms with Gasteiger partial charge in [0.2, 0.25) is 17.8 Å². The first kappa shape index (κ1) is 17.5. The molecule has 2 aromatic heterocycles. The summed E-state index contributed by atoms with van der Waals surface area (Å²) in [6.45, 7) is 2.39. The Morgan fingerprint density at radius 3 is 1.71 bits per heavy atom. The van der Waals surface area contributed by atoms with E-state index < -0.39 is 0 Å².